The third-order valence-corrected chi connectivity index (χ3v) is 7.35. The van der Waals surface area contributed by atoms with E-state index in [4.69, 9.17) is 11.6 Å². The molecule has 1 unspecified atom stereocenters. The van der Waals surface area contributed by atoms with E-state index in [1.807, 2.05) is 18.2 Å². The van der Waals surface area contributed by atoms with Crippen molar-refractivity contribution in [1.82, 2.24) is 13.8 Å². The second kappa shape index (κ2) is 7.52. The molecule has 1 aliphatic heterocycles. The van der Waals surface area contributed by atoms with Crippen LogP contribution in [0.4, 0.5) is 0 Å². The Morgan fingerprint density at radius 1 is 1.11 bits per heavy atom. The lowest BCUT2D eigenvalue weighted by Gasteiger charge is -2.38. The van der Waals surface area contributed by atoms with Crippen molar-refractivity contribution in [3.8, 4) is 0 Å². The van der Waals surface area contributed by atoms with E-state index in [0.717, 1.165) is 31.6 Å². The van der Waals surface area contributed by atoms with Crippen LogP contribution in [0.25, 0.3) is 10.9 Å². The van der Waals surface area contributed by atoms with E-state index in [0.29, 0.717) is 16.6 Å². The molecule has 28 heavy (non-hydrogen) atoms. The number of hydrogen-bond donors (Lipinski definition) is 0. The van der Waals surface area contributed by atoms with E-state index in [9.17, 15) is 8.42 Å². The summed E-state index contributed by atoms with van der Waals surface area (Å²) in [6.07, 6.45) is 1.61. The van der Waals surface area contributed by atoms with Gasteiger partial charge < -0.3 is 4.90 Å². The normalized spacial score (nSPS) is 19.3. The third kappa shape index (κ3) is 3.70. The van der Waals surface area contributed by atoms with Gasteiger partial charge in [0.1, 0.15) is 0 Å². The van der Waals surface area contributed by atoms with E-state index < -0.39 is 10.0 Å². The highest BCUT2D eigenvalue weighted by Crippen LogP contribution is 2.25. The summed E-state index contributed by atoms with van der Waals surface area (Å²) in [6, 6.07) is 14.7. The lowest BCUT2D eigenvalue weighted by Crippen LogP contribution is -2.49. The molecule has 1 aromatic heterocycles. The van der Waals surface area contributed by atoms with Crippen LogP contribution in [0.2, 0.25) is 5.02 Å². The Morgan fingerprint density at radius 3 is 2.68 bits per heavy atom. The number of benzene rings is 2. The quantitative estimate of drug-likeness (QED) is 0.649. The Labute approximate surface area is 171 Å². The Bertz CT molecular complexity index is 1110. The summed E-state index contributed by atoms with van der Waals surface area (Å²) in [7, 11) is -1.53. The maximum Gasteiger partial charge on any atom is 0.268 e. The smallest absolute Gasteiger partial charge is 0.268 e. The Morgan fingerprint density at radius 2 is 1.93 bits per heavy atom. The van der Waals surface area contributed by atoms with Gasteiger partial charge in [-0.3, -0.25) is 4.90 Å². The van der Waals surface area contributed by atoms with Crippen LogP contribution in [0.5, 0.6) is 0 Å². The van der Waals surface area contributed by atoms with Gasteiger partial charge in [-0.05, 0) is 55.9 Å². The first kappa shape index (κ1) is 19.5. The number of rotatable bonds is 4. The van der Waals surface area contributed by atoms with Crippen molar-refractivity contribution in [1.29, 1.82) is 0 Å². The molecule has 1 aliphatic rings. The van der Waals surface area contributed by atoms with E-state index >= 15 is 0 Å². The van der Waals surface area contributed by atoms with Crippen molar-refractivity contribution in [2.75, 3.05) is 26.7 Å². The van der Waals surface area contributed by atoms with Gasteiger partial charge in [-0.2, -0.15) is 0 Å². The van der Waals surface area contributed by atoms with Crippen molar-refractivity contribution < 1.29 is 8.42 Å². The zero-order chi connectivity index (χ0) is 19.9. The maximum atomic E-state index is 13.0. The number of halogens is 1. The van der Waals surface area contributed by atoms with Gasteiger partial charge in [-0.1, -0.05) is 23.7 Å². The van der Waals surface area contributed by atoms with Gasteiger partial charge in [0.15, 0.2) is 0 Å². The largest absolute Gasteiger partial charge is 0.304 e. The molecule has 0 amide bonds. The molecule has 4 rings (SSSR count). The standard InChI is InChI=1S/C21H24ClN3O2S/c1-16-14-23(2)10-11-24(16)15-17-6-7-21-18(12-17)8-9-25(21)28(26,27)20-5-3-4-19(22)13-20/h3-9,12-13,16H,10-11,14-15H2,1-2H3. The molecule has 148 valence electrons. The SMILES string of the molecule is CC1CN(C)CCN1Cc1ccc2c(ccn2S(=O)(=O)c2cccc(Cl)c2)c1. The summed E-state index contributed by atoms with van der Waals surface area (Å²) in [4.78, 5) is 5.01. The Balaban J connectivity index is 1.63. The highest BCUT2D eigenvalue weighted by atomic mass is 35.5. The fourth-order valence-corrected chi connectivity index (χ4v) is 5.52. The van der Waals surface area contributed by atoms with Crippen LogP contribution in [0.15, 0.2) is 59.6 Å². The minimum Gasteiger partial charge on any atom is -0.304 e. The number of hydrogen-bond acceptors (Lipinski definition) is 4. The summed E-state index contributed by atoms with van der Waals surface area (Å²) in [5.41, 5.74) is 1.87. The summed E-state index contributed by atoms with van der Waals surface area (Å²) in [5, 5.41) is 1.33. The number of piperazine rings is 1. The molecule has 2 aromatic carbocycles. The van der Waals surface area contributed by atoms with Crippen LogP contribution >= 0.6 is 11.6 Å². The minimum absolute atomic E-state index is 0.188. The predicted octanol–water partition coefficient (Wildman–Crippen LogP) is 3.67. The van der Waals surface area contributed by atoms with Gasteiger partial charge in [-0.15, -0.1) is 0 Å². The fourth-order valence-electron chi connectivity index (χ4n) is 3.86. The first-order valence-corrected chi connectivity index (χ1v) is 11.2. The van der Waals surface area contributed by atoms with Crippen molar-refractivity contribution in [3.05, 3.63) is 65.3 Å². The second-order valence-corrected chi connectivity index (χ2v) is 9.80. The zero-order valence-electron chi connectivity index (χ0n) is 16.0. The Hall–Kier alpha value is -1.86. The molecular formula is C21H24ClN3O2S. The van der Waals surface area contributed by atoms with Gasteiger partial charge in [0.2, 0.25) is 0 Å². The number of likely N-dealkylation sites (N-methyl/N-ethyl adjacent to an activating group) is 1. The van der Waals surface area contributed by atoms with Crippen molar-refractivity contribution in [2.24, 2.45) is 0 Å². The van der Waals surface area contributed by atoms with Crippen LogP contribution in [0.1, 0.15) is 12.5 Å². The maximum absolute atomic E-state index is 13.0. The van der Waals surface area contributed by atoms with Crippen molar-refractivity contribution in [3.63, 3.8) is 0 Å². The summed E-state index contributed by atoms with van der Waals surface area (Å²) < 4.78 is 27.4. The molecule has 2 heterocycles. The highest BCUT2D eigenvalue weighted by Gasteiger charge is 2.22. The van der Waals surface area contributed by atoms with Crippen LogP contribution < -0.4 is 0 Å². The van der Waals surface area contributed by atoms with Crippen molar-refractivity contribution >= 4 is 32.5 Å². The van der Waals surface area contributed by atoms with Gasteiger partial charge >= 0.3 is 0 Å². The molecule has 0 N–H and O–H groups in total. The minimum atomic E-state index is -3.68. The summed E-state index contributed by atoms with van der Waals surface area (Å²) in [5.74, 6) is 0. The highest BCUT2D eigenvalue weighted by molar-refractivity contribution is 7.90. The molecule has 0 bridgehead atoms. The molecule has 0 radical (unpaired) electrons. The van der Waals surface area contributed by atoms with E-state index in [1.54, 1.807) is 24.4 Å². The van der Waals surface area contributed by atoms with Crippen LogP contribution in [0, 0.1) is 0 Å². The Kier molecular flexibility index (Phi) is 5.22. The zero-order valence-corrected chi connectivity index (χ0v) is 17.6. The number of fused-ring (bicyclic) bond motifs is 1. The summed E-state index contributed by atoms with van der Waals surface area (Å²) in [6.45, 7) is 6.30. The molecule has 0 aliphatic carbocycles. The van der Waals surface area contributed by atoms with Crippen molar-refractivity contribution in [2.45, 2.75) is 24.4 Å². The average Bonchev–Trinajstić information content (AvgIpc) is 3.08. The molecule has 0 saturated carbocycles. The molecule has 3 aromatic rings. The van der Waals surface area contributed by atoms with Gasteiger partial charge in [0.05, 0.1) is 10.4 Å². The van der Waals surface area contributed by atoms with E-state index in [-0.39, 0.29) is 4.90 Å². The molecule has 5 nitrogen and oxygen atoms in total. The molecular weight excluding hydrogens is 394 g/mol. The lowest BCUT2D eigenvalue weighted by molar-refractivity contribution is 0.0939. The molecule has 1 saturated heterocycles. The average molecular weight is 418 g/mol. The van der Waals surface area contributed by atoms with Crippen LogP contribution in [-0.2, 0) is 16.6 Å². The molecule has 1 fully saturated rings. The predicted molar refractivity (Wildman–Crippen MR) is 113 cm³/mol. The first-order chi connectivity index (χ1) is 13.3. The number of nitrogens with zero attached hydrogens (tertiary/aromatic N) is 3. The second-order valence-electron chi connectivity index (χ2n) is 7.55. The van der Waals surface area contributed by atoms with Gasteiger partial charge in [0.25, 0.3) is 10.0 Å². The number of aromatic nitrogens is 1. The monoisotopic (exact) mass is 417 g/mol. The topological polar surface area (TPSA) is 45.5 Å². The van der Waals surface area contributed by atoms with Gasteiger partial charge in [0, 0.05) is 48.8 Å². The molecule has 0 spiro atoms. The molecule has 7 heteroatoms. The lowest BCUT2D eigenvalue weighted by atomic mass is 10.1. The molecule has 1 atom stereocenters. The third-order valence-electron chi connectivity index (χ3n) is 5.43. The van der Waals surface area contributed by atoms with Crippen LogP contribution in [0.3, 0.4) is 0 Å². The van der Waals surface area contributed by atoms with Crippen LogP contribution in [-0.4, -0.2) is 54.9 Å². The van der Waals surface area contributed by atoms with Gasteiger partial charge in [-0.25, -0.2) is 12.4 Å². The first-order valence-electron chi connectivity index (χ1n) is 9.38. The summed E-state index contributed by atoms with van der Waals surface area (Å²) >= 11 is 5.98. The van der Waals surface area contributed by atoms with E-state index in [2.05, 4.69) is 29.8 Å². The van der Waals surface area contributed by atoms with E-state index in [1.165, 1.54) is 15.6 Å². The fraction of sp³-hybridized carbons (Fsp3) is 0.333.